The first-order chi connectivity index (χ1) is 11.0. The number of amides is 1. The van der Waals surface area contributed by atoms with E-state index in [-0.39, 0.29) is 5.17 Å². The van der Waals surface area contributed by atoms with Crippen LogP contribution < -0.4 is 20.0 Å². The lowest BCUT2D eigenvalue weighted by Crippen LogP contribution is -2.38. The first kappa shape index (κ1) is 16.8. The number of nitrogens with one attached hydrogen (secondary N) is 1. The van der Waals surface area contributed by atoms with E-state index in [1.54, 1.807) is 25.3 Å². The van der Waals surface area contributed by atoms with Gasteiger partial charge < -0.3 is 19.4 Å². The van der Waals surface area contributed by atoms with Crippen LogP contribution in [0.15, 0.2) is 28.3 Å². The van der Waals surface area contributed by atoms with Gasteiger partial charge in [-0.2, -0.15) is 0 Å². The molecular weight excluding hydrogens is 322 g/mol. The second-order valence-corrected chi connectivity index (χ2v) is 5.60. The van der Waals surface area contributed by atoms with Crippen LogP contribution in [0.2, 0.25) is 0 Å². The Morgan fingerprint density at radius 3 is 2.83 bits per heavy atom. The first-order valence-electron chi connectivity index (χ1n) is 6.53. The van der Waals surface area contributed by atoms with Gasteiger partial charge in [0, 0.05) is 18.6 Å². The van der Waals surface area contributed by atoms with E-state index in [4.69, 9.17) is 9.47 Å². The lowest BCUT2D eigenvalue weighted by atomic mass is 10.2. The van der Waals surface area contributed by atoms with Crippen LogP contribution in [0.3, 0.4) is 0 Å². The number of hydrogen-bond donors (Lipinski definition) is 1. The van der Waals surface area contributed by atoms with Crippen LogP contribution >= 0.6 is 11.8 Å². The van der Waals surface area contributed by atoms with Gasteiger partial charge in [-0.25, -0.2) is 10.4 Å². The lowest BCUT2D eigenvalue weighted by molar-refractivity contribution is -0.305. The number of methoxy groups -OCH3 is 2. The van der Waals surface area contributed by atoms with Crippen molar-refractivity contribution in [2.75, 3.05) is 14.2 Å². The summed E-state index contributed by atoms with van der Waals surface area (Å²) in [6.07, 6.45) is 1.13. The standard InChI is InChI=1S/C14H15N3O5S/c1-21-9-4-3-8(5-10(9)22-2)7-15-14-17-16-13(20)11(23-14)6-12(18)19/h3-5,7,11H,6H2,1-2H3,(H,16,20)(H,18,19)/p-1/t11-/m1/s1. The first-order valence-corrected chi connectivity index (χ1v) is 7.41. The van der Waals surface area contributed by atoms with Gasteiger partial charge in [0.25, 0.3) is 5.91 Å². The minimum atomic E-state index is -1.30. The van der Waals surface area contributed by atoms with Crippen molar-refractivity contribution in [1.29, 1.82) is 0 Å². The third-order valence-electron chi connectivity index (χ3n) is 2.89. The predicted octanol–water partition coefficient (Wildman–Crippen LogP) is -0.235. The fourth-order valence-electron chi connectivity index (χ4n) is 1.79. The molecule has 0 saturated heterocycles. The molecule has 1 aromatic rings. The Balaban J connectivity index is 2.11. The third kappa shape index (κ3) is 4.46. The molecule has 1 aliphatic heterocycles. The van der Waals surface area contributed by atoms with Gasteiger partial charge >= 0.3 is 0 Å². The number of hydrogen-bond acceptors (Lipinski definition) is 8. The third-order valence-corrected chi connectivity index (χ3v) is 3.96. The summed E-state index contributed by atoms with van der Waals surface area (Å²) in [5.41, 5.74) is 2.98. The van der Waals surface area contributed by atoms with Gasteiger partial charge in [-0.3, -0.25) is 4.79 Å². The molecule has 1 atom stereocenters. The van der Waals surface area contributed by atoms with Crippen molar-refractivity contribution in [3.05, 3.63) is 23.8 Å². The molecule has 0 aliphatic carbocycles. The summed E-state index contributed by atoms with van der Waals surface area (Å²) < 4.78 is 10.3. The summed E-state index contributed by atoms with van der Waals surface area (Å²) in [4.78, 5) is 26.3. The van der Waals surface area contributed by atoms with E-state index in [0.29, 0.717) is 11.5 Å². The second-order valence-electron chi connectivity index (χ2n) is 4.43. The van der Waals surface area contributed by atoms with Gasteiger partial charge in [0.1, 0.15) is 0 Å². The number of amidine groups is 1. The number of nitrogens with zero attached hydrogens (tertiary/aromatic N) is 2. The number of carboxylic acid groups (broad SMARTS) is 1. The molecule has 1 aromatic carbocycles. The van der Waals surface area contributed by atoms with Crippen LogP contribution in [0, 0.1) is 0 Å². The summed E-state index contributed by atoms with van der Waals surface area (Å²) >= 11 is 0.968. The van der Waals surface area contributed by atoms with Crippen molar-refractivity contribution in [1.82, 2.24) is 5.43 Å². The molecule has 0 aromatic heterocycles. The molecule has 122 valence electrons. The number of aliphatic carboxylic acids is 1. The average Bonchev–Trinajstić information content (AvgIpc) is 2.54. The van der Waals surface area contributed by atoms with Gasteiger partial charge in [-0.15, -0.1) is 5.10 Å². The summed E-state index contributed by atoms with van der Waals surface area (Å²) in [6, 6.07) is 5.24. The highest BCUT2D eigenvalue weighted by Gasteiger charge is 2.25. The lowest BCUT2D eigenvalue weighted by Gasteiger charge is -2.18. The monoisotopic (exact) mass is 336 g/mol. The number of carbonyl (C=O) groups excluding carboxylic acids is 2. The van der Waals surface area contributed by atoms with E-state index in [9.17, 15) is 14.7 Å². The highest BCUT2D eigenvalue weighted by atomic mass is 32.2. The van der Waals surface area contributed by atoms with Gasteiger partial charge in [0.05, 0.1) is 19.5 Å². The van der Waals surface area contributed by atoms with E-state index in [2.05, 4.69) is 15.5 Å². The van der Waals surface area contributed by atoms with Crippen LogP contribution in [0.1, 0.15) is 12.0 Å². The molecule has 23 heavy (non-hydrogen) atoms. The Bertz CT molecular complexity index is 674. The zero-order valence-corrected chi connectivity index (χ0v) is 13.3. The molecule has 9 heteroatoms. The van der Waals surface area contributed by atoms with Crippen molar-refractivity contribution in [3.8, 4) is 11.5 Å². The van der Waals surface area contributed by atoms with Crippen LogP contribution in [-0.4, -0.2) is 42.7 Å². The molecule has 8 nitrogen and oxygen atoms in total. The number of ether oxygens (including phenoxy) is 2. The highest BCUT2D eigenvalue weighted by Crippen LogP contribution is 2.27. The maximum Gasteiger partial charge on any atom is 0.254 e. The largest absolute Gasteiger partial charge is 0.550 e. The van der Waals surface area contributed by atoms with Crippen LogP contribution in [0.5, 0.6) is 11.5 Å². The van der Waals surface area contributed by atoms with E-state index in [1.165, 1.54) is 13.3 Å². The summed E-state index contributed by atoms with van der Waals surface area (Å²) in [7, 11) is 3.07. The number of hydrazone groups is 1. The molecule has 1 aliphatic rings. The SMILES string of the molecule is COc1ccc(C=NC2=NNC(=O)[C@@H](CC(=O)[O-])S2)cc1OC. The zero-order chi connectivity index (χ0) is 16.8. The number of carbonyl (C=O) groups is 2. The smallest absolute Gasteiger partial charge is 0.254 e. The Hall–Kier alpha value is -2.55. The fraction of sp³-hybridized carbons (Fsp3) is 0.286. The van der Waals surface area contributed by atoms with Crippen LogP contribution in [-0.2, 0) is 9.59 Å². The Morgan fingerprint density at radius 1 is 1.43 bits per heavy atom. The molecule has 0 spiro atoms. The van der Waals surface area contributed by atoms with Gasteiger partial charge in [0.2, 0.25) is 5.17 Å². The van der Waals surface area contributed by atoms with Crippen molar-refractivity contribution >= 4 is 35.0 Å². The molecule has 0 bridgehead atoms. The number of rotatable bonds is 5. The molecule has 0 saturated carbocycles. The number of aliphatic imine (C=N–C) groups is 1. The van der Waals surface area contributed by atoms with Crippen molar-refractivity contribution in [3.63, 3.8) is 0 Å². The second kappa shape index (κ2) is 7.63. The zero-order valence-electron chi connectivity index (χ0n) is 12.4. The number of carboxylic acids is 1. The highest BCUT2D eigenvalue weighted by molar-refractivity contribution is 8.15. The molecule has 1 N–H and O–H groups in total. The van der Waals surface area contributed by atoms with Crippen molar-refractivity contribution in [2.24, 2.45) is 10.1 Å². The fourth-order valence-corrected chi connectivity index (χ4v) is 2.64. The minimum absolute atomic E-state index is 0.255. The van der Waals surface area contributed by atoms with Crippen molar-refractivity contribution < 1.29 is 24.2 Å². The minimum Gasteiger partial charge on any atom is -0.550 e. The Morgan fingerprint density at radius 2 is 2.17 bits per heavy atom. The van der Waals surface area contributed by atoms with E-state index in [0.717, 1.165) is 17.3 Å². The summed E-state index contributed by atoms with van der Waals surface area (Å²) in [5, 5.41) is 13.8. The van der Waals surface area contributed by atoms with Gasteiger partial charge in [-0.05, 0) is 23.8 Å². The topological polar surface area (TPSA) is 112 Å². The summed E-state index contributed by atoms with van der Waals surface area (Å²) in [6.45, 7) is 0. The molecule has 1 amide bonds. The number of thioether (sulfide) groups is 1. The maximum absolute atomic E-state index is 11.5. The molecule has 0 unspecified atom stereocenters. The van der Waals surface area contributed by atoms with Crippen LogP contribution in [0.25, 0.3) is 0 Å². The molecule has 0 radical (unpaired) electrons. The van der Waals surface area contributed by atoms with Crippen molar-refractivity contribution in [2.45, 2.75) is 11.7 Å². The molecular formula is C14H14N3O5S-. The normalized spacial score (nSPS) is 17.6. The average molecular weight is 336 g/mol. The van der Waals surface area contributed by atoms with E-state index < -0.39 is 23.5 Å². The van der Waals surface area contributed by atoms with E-state index in [1.807, 2.05) is 0 Å². The van der Waals surface area contributed by atoms with E-state index >= 15 is 0 Å². The maximum atomic E-state index is 11.5. The van der Waals surface area contributed by atoms with Crippen LogP contribution in [0.4, 0.5) is 0 Å². The quantitative estimate of drug-likeness (QED) is 0.743. The number of benzene rings is 1. The Labute approximate surface area is 136 Å². The molecule has 0 fully saturated rings. The molecule has 2 rings (SSSR count). The Kier molecular flexibility index (Phi) is 5.58. The molecule has 1 heterocycles. The predicted molar refractivity (Wildman–Crippen MR) is 83.7 cm³/mol. The van der Waals surface area contributed by atoms with Gasteiger partial charge in [-0.1, -0.05) is 11.8 Å². The summed E-state index contributed by atoms with van der Waals surface area (Å²) in [5.74, 6) is -0.639. The van der Waals surface area contributed by atoms with Gasteiger partial charge in [0.15, 0.2) is 11.5 Å².